The first-order chi connectivity index (χ1) is 10.8. The quantitative estimate of drug-likeness (QED) is 0.818. The number of amides is 1. The van der Waals surface area contributed by atoms with Crippen molar-refractivity contribution in [2.75, 3.05) is 39.4 Å². The molecule has 0 radical (unpaired) electrons. The Hall–Kier alpha value is -2.32. The first-order valence-electron chi connectivity index (χ1n) is 7.25. The van der Waals surface area contributed by atoms with Gasteiger partial charge in [-0.3, -0.25) is 9.69 Å². The van der Waals surface area contributed by atoms with Gasteiger partial charge < -0.3 is 10.1 Å². The van der Waals surface area contributed by atoms with Crippen LogP contribution < -0.4 is 5.32 Å². The molecule has 1 amide bonds. The second-order valence-corrected chi connectivity index (χ2v) is 4.98. The third-order valence-electron chi connectivity index (χ3n) is 3.56. The second kappa shape index (κ2) is 7.10. The Morgan fingerprint density at radius 1 is 1.27 bits per heavy atom. The molecular formula is C14H18N6O2. The number of hydrogen-bond donors (Lipinski definition) is 1. The highest BCUT2D eigenvalue weighted by Crippen LogP contribution is 2.12. The SMILES string of the molecule is O=C(NCCN1CCOCC1)c1ccccc1-n1cnnn1. The number of nitrogens with zero attached hydrogens (tertiary/aromatic N) is 5. The molecule has 0 saturated carbocycles. The molecule has 22 heavy (non-hydrogen) atoms. The van der Waals surface area contributed by atoms with E-state index in [-0.39, 0.29) is 5.91 Å². The summed E-state index contributed by atoms with van der Waals surface area (Å²) in [5.41, 5.74) is 1.22. The number of ether oxygens (including phenoxy) is 1. The first-order valence-corrected chi connectivity index (χ1v) is 7.25. The molecule has 1 saturated heterocycles. The lowest BCUT2D eigenvalue weighted by atomic mass is 10.1. The molecule has 1 aromatic carbocycles. The van der Waals surface area contributed by atoms with Gasteiger partial charge in [0, 0.05) is 26.2 Å². The Kier molecular flexibility index (Phi) is 4.71. The molecule has 0 atom stereocenters. The number of carbonyl (C=O) groups is 1. The molecule has 1 aliphatic heterocycles. The molecule has 0 bridgehead atoms. The highest BCUT2D eigenvalue weighted by molar-refractivity contribution is 5.97. The van der Waals surface area contributed by atoms with Gasteiger partial charge in [-0.05, 0) is 22.6 Å². The lowest BCUT2D eigenvalue weighted by Gasteiger charge is -2.26. The zero-order valence-electron chi connectivity index (χ0n) is 12.2. The number of benzene rings is 1. The van der Waals surface area contributed by atoms with Gasteiger partial charge in [0.2, 0.25) is 0 Å². The number of rotatable bonds is 5. The fraction of sp³-hybridized carbons (Fsp3) is 0.429. The second-order valence-electron chi connectivity index (χ2n) is 4.98. The average Bonchev–Trinajstić information content (AvgIpc) is 3.10. The van der Waals surface area contributed by atoms with Gasteiger partial charge in [-0.25, -0.2) is 0 Å². The van der Waals surface area contributed by atoms with Crippen LogP contribution in [-0.2, 0) is 4.74 Å². The number of morpholine rings is 1. The summed E-state index contributed by atoms with van der Waals surface area (Å²) in [4.78, 5) is 14.6. The molecule has 116 valence electrons. The van der Waals surface area contributed by atoms with Crippen molar-refractivity contribution < 1.29 is 9.53 Å². The molecule has 3 rings (SSSR count). The Labute approximate surface area is 128 Å². The van der Waals surface area contributed by atoms with Gasteiger partial charge in [-0.15, -0.1) is 5.10 Å². The van der Waals surface area contributed by atoms with Crippen molar-refractivity contribution in [1.29, 1.82) is 0 Å². The summed E-state index contributed by atoms with van der Waals surface area (Å²) in [7, 11) is 0. The number of carbonyl (C=O) groups excluding carboxylic acids is 1. The number of aromatic nitrogens is 4. The predicted molar refractivity (Wildman–Crippen MR) is 78.7 cm³/mol. The standard InChI is InChI=1S/C14H18N6O2/c21-14(15-5-6-19-7-9-22-10-8-19)12-3-1-2-4-13(12)20-11-16-17-18-20/h1-4,11H,5-10H2,(H,15,21). The summed E-state index contributed by atoms with van der Waals surface area (Å²) < 4.78 is 6.79. The van der Waals surface area contributed by atoms with E-state index in [1.807, 2.05) is 18.2 Å². The summed E-state index contributed by atoms with van der Waals surface area (Å²) in [6.07, 6.45) is 1.47. The van der Waals surface area contributed by atoms with Gasteiger partial charge in [0.1, 0.15) is 6.33 Å². The van der Waals surface area contributed by atoms with Crippen LogP contribution in [0.15, 0.2) is 30.6 Å². The Bertz CT molecular complexity index is 610. The van der Waals surface area contributed by atoms with E-state index in [0.29, 0.717) is 17.8 Å². The molecule has 0 spiro atoms. The van der Waals surface area contributed by atoms with Gasteiger partial charge in [-0.1, -0.05) is 12.1 Å². The topological polar surface area (TPSA) is 85.2 Å². The number of para-hydroxylation sites is 1. The molecule has 1 aromatic heterocycles. The van der Waals surface area contributed by atoms with Gasteiger partial charge >= 0.3 is 0 Å². The lowest BCUT2D eigenvalue weighted by molar-refractivity contribution is 0.0383. The van der Waals surface area contributed by atoms with E-state index in [0.717, 1.165) is 32.8 Å². The van der Waals surface area contributed by atoms with Crippen LogP contribution in [0.1, 0.15) is 10.4 Å². The van der Waals surface area contributed by atoms with E-state index in [2.05, 4.69) is 25.7 Å². The van der Waals surface area contributed by atoms with Crippen LogP contribution in [0, 0.1) is 0 Å². The average molecular weight is 302 g/mol. The largest absolute Gasteiger partial charge is 0.379 e. The summed E-state index contributed by atoms with van der Waals surface area (Å²) in [6.45, 7) is 4.77. The minimum absolute atomic E-state index is 0.126. The fourth-order valence-electron chi connectivity index (χ4n) is 2.38. The molecule has 1 aliphatic rings. The first kappa shape index (κ1) is 14.6. The molecule has 2 aromatic rings. The van der Waals surface area contributed by atoms with E-state index in [9.17, 15) is 4.79 Å². The monoisotopic (exact) mass is 302 g/mol. The summed E-state index contributed by atoms with van der Waals surface area (Å²) in [5.74, 6) is -0.126. The van der Waals surface area contributed by atoms with E-state index in [1.54, 1.807) is 6.07 Å². The van der Waals surface area contributed by atoms with Crippen molar-refractivity contribution in [2.24, 2.45) is 0 Å². The van der Waals surface area contributed by atoms with Crippen molar-refractivity contribution in [3.05, 3.63) is 36.2 Å². The maximum absolute atomic E-state index is 12.4. The van der Waals surface area contributed by atoms with Crippen LogP contribution in [0.5, 0.6) is 0 Å². The van der Waals surface area contributed by atoms with Gasteiger partial charge in [-0.2, -0.15) is 4.68 Å². The van der Waals surface area contributed by atoms with Crippen molar-refractivity contribution >= 4 is 5.91 Å². The zero-order valence-corrected chi connectivity index (χ0v) is 12.2. The molecule has 1 N–H and O–H groups in total. The third kappa shape index (κ3) is 3.46. The van der Waals surface area contributed by atoms with Crippen LogP contribution in [0.4, 0.5) is 0 Å². The molecule has 0 unspecified atom stereocenters. The summed E-state index contributed by atoms with van der Waals surface area (Å²) in [5, 5.41) is 14.0. The fourth-order valence-corrected chi connectivity index (χ4v) is 2.38. The molecule has 0 aliphatic carbocycles. The minimum atomic E-state index is -0.126. The molecule has 8 heteroatoms. The van der Waals surface area contributed by atoms with Crippen LogP contribution >= 0.6 is 0 Å². The highest BCUT2D eigenvalue weighted by Gasteiger charge is 2.14. The molecule has 1 fully saturated rings. The van der Waals surface area contributed by atoms with E-state index >= 15 is 0 Å². The number of nitrogens with one attached hydrogen (secondary N) is 1. The van der Waals surface area contributed by atoms with Crippen molar-refractivity contribution in [3.63, 3.8) is 0 Å². The van der Waals surface area contributed by atoms with Crippen molar-refractivity contribution in [1.82, 2.24) is 30.4 Å². The van der Waals surface area contributed by atoms with Crippen molar-refractivity contribution in [3.8, 4) is 5.69 Å². The van der Waals surface area contributed by atoms with Crippen LogP contribution in [0.2, 0.25) is 0 Å². The summed E-state index contributed by atoms with van der Waals surface area (Å²) in [6, 6.07) is 7.25. The Morgan fingerprint density at radius 2 is 2.09 bits per heavy atom. The van der Waals surface area contributed by atoms with E-state index < -0.39 is 0 Å². The maximum atomic E-state index is 12.4. The maximum Gasteiger partial charge on any atom is 0.253 e. The van der Waals surface area contributed by atoms with Crippen molar-refractivity contribution in [2.45, 2.75) is 0 Å². The number of tetrazole rings is 1. The summed E-state index contributed by atoms with van der Waals surface area (Å²) >= 11 is 0. The number of hydrogen-bond acceptors (Lipinski definition) is 6. The lowest BCUT2D eigenvalue weighted by Crippen LogP contribution is -2.41. The smallest absolute Gasteiger partial charge is 0.253 e. The van der Waals surface area contributed by atoms with Gasteiger partial charge in [0.15, 0.2) is 0 Å². The van der Waals surface area contributed by atoms with Crippen LogP contribution in [-0.4, -0.2) is 70.4 Å². The Morgan fingerprint density at radius 3 is 2.86 bits per heavy atom. The van der Waals surface area contributed by atoms with Crippen LogP contribution in [0.3, 0.4) is 0 Å². The van der Waals surface area contributed by atoms with Gasteiger partial charge in [0.25, 0.3) is 5.91 Å². The molecule has 8 nitrogen and oxygen atoms in total. The predicted octanol–water partition coefficient (Wildman–Crippen LogP) is -0.276. The molecular weight excluding hydrogens is 284 g/mol. The van der Waals surface area contributed by atoms with E-state index in [4.69, 9.17) is 4.74 Å². The molecule has 2 heterocycles. The third-order valence-corrected chi connectivity index (χ3v) is 3.56. The normalized spacial score (nSPS) is 15.6. The highest BCUT2D eigenvalue weighted by atomic mass is 16.5. The Balaban J connectivity index is 1.60. The van der Waals surface area contributed by atoms with Gasteiger partial charge in [0.05, 0.1) is 24.5 Å². The zero-order chi connectivity index (χ0) is 15.2. The van der Waals surface area contributed by atoms with E-state index in [1.165, 1.54) is 11.0 Å². The van der Waals surface area contributed by atoms with Crippen LogP contribution in [0.25, 0.3) is 5.69 Å². The minimum Gasteiger partial charge on any atom is -0.379 e.